The Labute approximate surface area is 220 Å². The number of piperazine rings is 1. The molecule has 0 saturated carbocycles. The SMILES string of the molecule is CN1CCN(c2ccc(Nc3ncc4c(n3)N(c3ccccn3)[C@H](CC(C)(C)C)[C@]4(C)CO)cc2)CC1. The number of benzene rings is 1. The zero-order chi connectivity index (χ0) is 26.2. The summed E-state index contributed by atoms with van der Waals surface area (Å²) in [4.78, 5) is 21.3. The fourth-order valence-electron chi connectivity index (χ4n) is 5.43. The van der Waals surface area contributed by atoms with Crippen LogP contribution in [0.4, 0.5) is 29.0 Å². The van der Waals surface area contributed by atoms with Crippen molar-refractivity contribution in [2.75, 3.05) is 55.0 Å². The molecule has 2 aliphatic heterocycles. The maximum atomic E-state index is 10.6. The molecule has 8 nitrogen and oxygen atoms in total. The molecule has 4 heterocycles. The predicted molar refractivity (Wildman–Crippen MR) is 150 cm³/mol. The van der Waals surface area contributed by atoms with Gasteiger partial charge in [-0.1, -0.05) is 33.8 Å². The maximum Gasteiger partial charge on any atom is 0.229 e. The van der Waals surface area contributed by atoms with Gasteiger partial charge in [0, 0.05) is 67.0 Å². The summed E-state index contributed by atoms with van der Waals surface area (Å²) in [6.07, 6.45) is 4.55. The molecule has 0 radical (unpaired) electrons. The number of aromatic nitrogens is 3. The van der Waals surface area contributed by atoms with E-state index in [-0.39, 0.29) is 18.1 Å². The molecule has 5 rings (SSSR count). The fourth-order valence-corrected chi connectivity index (χ4v) is 5.43. The highest BCUT2D eigenvalue weighted by molar-refractivity contribution is 5.70. The standard InChI is InChI=1S/C29H39N7O/c1-28(2,3)18-24-29(4,20-37)23-19-31-27(33-26(23)36(24)25-8-6-7-13-30-25)32-21-9-11-22(12-10-21)35-16-14-34(5)15-17-35/h6-13,19,24,37H,14-18,20H2,1-5H3,(H,31,32,33)/t24-,29-/m1/s1. The van der Waals surface area contributed by atoms with Crippen LogP contribution < -0.4 is 15.1 Å². The molecule has 0 unspecified atom stereocenters. The smallest absolute Gasteiger partial charge is 0.229 e. The van der Waals surface area contributed by atoms with Crippen LogP contribution in [0.2, 0.25) is 0 Å². The molecule has 3 aromatic rings. The summed E-state index contributed by atoms with van der Waals surface area (Å²) in [6.45, 7) is 13.1. The Balaban J connectivity index is 1.45. The minimum Gasteiger partial charge on any atom is -0.395 e. The van der Waals surface area contributed by atoms with E-state index in [4.69, 9.17) is 4.98 Å². The van der Waals surface area contributed by atoms with Gasteiger partial charge in [0.25, 0.3) is 0 Å². The van der Waals surface area contributed by atoms with Crippen molar-refractivity contribution in [3.8, 4) is 0 Å². The van der Waals surface area contributed by atoms with Crippen LogP contribution in [-0.2, 0) is 5.41 Å². The minimum atomic E-state index is -0.511. The van der Waals surface area contributed by atoms with E-state index in [0.717, 1.165) is 55.5 Å². The van der Waals surface area contributed by atoms with E-state index in [2.05, 4.69) is 89.0 Å². The lowest BCUT2D eigenvalue weighted by Crippen LogP contribution is -2.45. The first kappa shape index (κ1) is 25.4. The van der Waals surface area contributed by atoms with Gasteiger partial charge in [0.2, 0.25) is 5.95 Å². The first-order valence-corrected chi connectivity index (χ1v) is 13.2. The number of nitrogens with zero attached hydrogens (tertiary/aromatic N) is 6. The number of pyridine rings is 1. The molecular formula is C29H39N7O. The summed E-state index contributed by atoms with van der Waals surface area (Å²) in [5, 5.41) is 14.0. The van der Waals surface area contributed by atoms with Crippen molar-refractivity contribution in [2.45, 2.75) is 45.6 Å². The minimum absolute atomic E-state index is 0.00480. The summed E-state index contributed by atoms with van der Waals surface area (Å²) in [6, 6.07) is 14.4. The van der Waals surface area contributed by atoms with Crippen LogP contribution in [0.5, 0.6) is 0 Å². The number of anilines is 5. The fraction of sp³-hybridized carbons (Fsp3) is 0.483. The molecule has 196 valence electrons. The molecule has 1 saturated heterocycles. The predicted octanol–water partition coefficient (Wildman–Crippen LogP) is 4.57. The quantitative estimate of drug-likeness (QED) is 0.508. The molecule has 2 N–H and O–H groups in total. The summed E-state index contributed by atoms with van der Waals surface area (Å²) in [5.74, 6) is 2.16. The van der Waals surface area contributed by atoms with E-state index in [1.807, 2.05) is 24.4 Å². The number of hydrogen-bond donors (Lipinski definition) is 2. The lowest BCUT2D eigenvalue weighted by atomic mass is 9.73. The van der Waals surface area contributed by atoms with Crippen molar-refractivity contribution < 1.29 is 5.11 Å². The molecule has 2 aliphatic rings. The van der Waals surface area contributed by atoms with Crippen molar-refractivity contribution in [3.63, 3.8) is 0 Å². The molecule has 8 heteroatoms. The van der Waals surface area contributed by atoms with Crippen LogP contribution >= 0.6 is 0 Å². The van der Waals surface area contributed by atoms with E-state index in [0.29, 0.717) is 5.95 Å². The number of likely N-dealkylation sites (N-methyl/N-ethyl adjacent to an activating group) is 1. The van der Waals surface area contributed by atoms with Gasteiger partial charge >= 0.3 is 0 Å². The van der Waals surface area contributed by atoms with Crippen LogP contribution in [-0.4, -0.2) is 70.8 Å². The van der Waals surface area contributed by atoms with Crippen LogP contribution in [0.15, 0.2) is 54.9 Å². The molecule has 0 aliphatic carbocycles. The number of nitrogens with one attached hydrogen (secondary N) is 1. The number of fused-ring (bicyclic) bond motifs is 1. The summed E-state index contributed by atoms with van der Waals surface area (Å²) >= 11 is 0. The Morgan fingerprint density at radius 3 is 2.38 bits per heavy atom. The van der Waals surface area contributed by atoms with Crippen molar-refractivity contribution in [1.29, 1.82) is 0 Å². The summed E-state index contributed by atoms with van der Waals surface area (Å²) in [5.41, 5.74) is 2.67. The Kier molecular flexibility index (Phi) is 6.81. The van der Waals surface area contributed by atoms with E-state index in [1.54, 1.807) is 6.20 Å². The third-order valence-corrected chi connectivity index (χ3v) is 7.68. The Hall–Kier alpha value is -3.23. The zero-order valence-corrected chi connectivity index (χ0v) is 22.6. The van der Waals surface area contributed by atoms with E-state index >= 15 is 0 Å². The Morgan fingerprint density at radius 1 is 1.03 bits per heavy atom. The average molecular weight is 502 g/mol. The molecule has 0 spiro atoms. The molecule has 0 amide bonds. The van der Waals surface area contributed by atoms with Crippen molar-refractivity contribution in [2.24, 2.45) is 5.41 Å². The number of rotatable bonds is 6. The summed E-state index contributed by atoms with van der Waals surface area (Å²) < 4.78 is 0. The van der Waals surface area contributed by atoms with Gasteiger partial charge in [-0.2, -0.15) is 4.98 Å². The van der Waals surface area contributed by atoms with Crippen LogP contribution in [0.1, 0.15) is 39.7 Å². The van der Waals surface area contributed by atoms with Gasteiger partial charge in [0.05, 0.1) is 6.61 Å². The third kappa shape index (κ3) is 5.13. The van der Waals surface area contributed by atoms with Crippen LogP contribution in [0.3, 0.4) is 0 Å². The number of aliphatic hydroxyl groups excluding tert-OH is 1. The molecule has 1 aromatic carbocycles. The van der Waals surface area contributed by atoms with Gasteiger partial charge in [-0.3, -0.25) is 0 Å². The van der Waals surface area contributed by atoms with Crippen molar-refractivity contribution in [3.05, 3.63) is 60.4 Å². The highest BCUT2D eigenvalue weighted by atomic mass is 16.3. The van der Waals surface area contributed by atoms with Gasteiger partial charge in [-0.25, -0.2) is 9.97 Å². The van der Waals surface area contributed by atoms with E-state index in [1.165, 1.54) is 5.69 Å². The third-order valence-electron chi connectivity index (χ3n) is 7.68. The Bertz CT molecular complexity index is 1200. The topological polar surface area (TPSA) is 80.7 Å². The second-order valence-corrected chi connectivity index (χ2v) is 11.8. The zero-order valence-electron chi connectivity index (χ0n) is 22.6. The maximum absolute atomic E-state index is 10.6. The van der Waals surface area contributed by atoms with Gasteiger partial charge in [-0.05, 0) is 55.3 Å². The lowest BCUT2D eigenvalue weighted by molar-refractivity contribution is 0.167. The second kappa shape index (κ2) is 9.91. The molecular weight excluding hydrogens is 462 g/mol. The van der Waals surface area contributed by atoms with Gasteiger partial charge < -0.3 is 25.1 Å². The lowest BCUT2D eigenvalue weighted by Gasteiger charge is -2.38. The molecule has 0 bridgehead atoms. The van der Waals surface area contributed by atoms with Gasteiger partial charge in [0.1, 0.15) is 11.6 Å². The van der Waals surface area contributed by atoms with Gasteiger partial charge in [0.15, 0.2) is 0 Å². The Morgan fingerprint density at radius 2 is 1.76 bits per heavy atom. The van der Waals surface area contributed by atoms with E-state index < -0.39 is 5.41 Å². The van der Waals surface area contributed by atoms with Crippen molar-refractivity contribution in [1.82, 2.24) is 19.9 Å². The molecule has 1 fully saturated rings. The molecule has 2 atom stereocenters. The molecule has 37 heavy (non-hydrogen) atoms. The van der Waals surface area contributed by atoms with Crippen LogP contribution in [0.25, 0.3) is 0 Å². The van der Waals surface area contributed by atoms with Crippen molar-refractivity contribution >= 4 is 29.0 Å². The molecule has 2 aromatic heterocycles. The van der Waals surface area contributed by atoms with Crippen LogP contribution in [0, 0.1) is 5.41 Å². The average Bonchev–Trinajstić information content (AvgIpc) is 3.12. The van der Waals surface area contributed by atoms with Gasteiger partial charge in [-0.15, -0.1) is 0 Å². The second-order valence-electron chi connectivity index (χ2n) is 11.8. The largest absolute Gasteiger partial charge is 0.395 e. The first-order valence-electron chi connectivity index (χ1n) is 13.2. The van der Waals surface area contributed by atoms with E-state index in [9.17, 15) is 5.11 Å². The highest BCUT2D eigenvalue weighted by Crippen LogP contribution is 2.50. The normalized spacial score (nSPS) is 22.3. The monoisotopic (exact) mass is 501 g/mol. The number of aliphatic hydroxyl groups is 1. The first-order chi connectivity index (χ1) is 17.7. The number of hydrogen-bond acceptors (Lipinski definition) is 8. The highest BCUT2D eigenvalue weighted by Gasteiger charge is 2.51. The summed E-state index contributed by atoms with van der Waals surface area (Å²) in [7, 11) is 2.17.